The van der Waals surface area contributed by atoms with Gasteiger partial charge in [0.15, 0.2) is 0 Å². The highest BCUT2D eigenvalue weighted by atomic mass is 35.5. The van der Waals surface area contributed by atoms with Gasteiger partial charge < -0.3 is 10.1 Å². The van der Waals surface area contributed by atoms with Crippen LogP contribution in [-0.2, 0) is 16.6 Å². The molecular formula is C26H28ClN3O4S. The van der Waals surface area contributed by atoms with Crippen molar-refractivity contribution < 1.29 is 17.9 Å². The number of hydrogen-bond acceptors (Lipinski definition) is 5. The molecule has 3 aromatic rings. The van der Waals surface area contributed by atoms with Gasteiger partial charge in [0.05, 0.1) is 16.5 Å². The fourth-order valence-electron chi connectivity index (χ4n) is 3.88. The van der Waals surface area contributed by atoms with Crippen LogP contribution in [0.15, 0.2) is 83.8 Å². The monoisotopic (exact) mass is 513 g/mol. The highest BCUT2D eigenvalue weighted by Crippen LogP contribution is 2.23. The molecule has 7 nitrogen and oxygen atoms in total. The van der Waals surface area contributed by atoms with E-state index in [2.05, 4.69) is 10.2 Å². The number of benzene rings is 3. The minimum absolute atomic E-state index is 0.168. The van der Waals surface area contributed by atoms with Gasteiger partial charge in [0.1, 0.15) is 12.4 Å². The number of rotatable bonds is 9. The normalized spacial score (nSPS) is 15.0. The first-order valence-electron chi connectivity index (χ1n) is 11.5. The largest absolute Gasteiger partial charge is 0.490 e. The topological polar surface area (TPSA) is 79.0 Å². The summed E-state index contributed by atoms with van der Waals surface area (Å²) in [5, 5.41) is 3.38. The number of ether oxygens (including phenoxy) is 1. The summed E-state index contributed by atoms with van der Waals surface area (Å²) in [7, 11) is -3.45. The van der Waals surface area contributed by atoms with Gasteiger partial charge in [-0.2, -0.15) is 4.31 Å². The van der Waals surface area contributed by atoms with Crippen LogP contribution < -0.4 is 10.1 Å². The molecule has 35 heavy (non-hydrogen) atoms. The van der Waals surface area contributed by atoms with Crippen molar-refractivity contribution >= 4 is 27.5 Å². The molecule has 0 saturated carbocycles. The Labute approximate surface area is 211 Å². The summed E-state index contributed by atoms with van der Waals surface area (Å²) in [5.74, 6) is 0.422. The third-order valence-corrected chi connectivity index (χ3v) is 8.04. The van der Waals surface area contributed by atoms with Crippen LogP contribution in [-0.4, -0.2) is 62.9 Å². The Morgan fingerprint density at radius 3 is 2.23 bits per heavy atom. The third kappa shape index (κ3) is 6.61. The maximum Gasteiger partial charge on any atom is 0.251 e. The molecule has 0 atom stereocenters. The van der Waals surface area contributed by atoms with E-state index in [9.17, 15) is 13.2 Å². The zero-order valence-electron chi connectivity index (χ0n) is 19.3. The van der Waals surface area contributed by atoms with Crippen LogP contribution in [0, 0.1) is 0 Å². The van der Waals surface area contributed by atoms with Crippen molar-refractivity contribution in [3.8, 4) is 5.75 Å². The van der Waals surface area contributed by atoms with E-state index in [1.165, 1.54) is 0 Å². The first kappa shape index (κ1) is 25.2. The van der Waals surface area contributed by atoms with Gasteiger partial charge in [-0.15, -0.1) is 0 Å². The average Bonchev–Trinajstić information content (AvgIpc) is 2.89. The van der Waals surface area contributed by atoms with Crippen molar-refractivity contribution in [2.24, 2.45) is 0 Å². The molecule has 4 rings (SSSR count). The second-order valence-electron chi connectivity index (χ2n) is 8.22. The average molecular weight is 514 g/mol. The smallest absolute Gasteiger partial charge is 0.251 e. The van der Waals surface area contributed by atoms with Gasteiger partial charge in [0, 0.05) is 38.3 Å². The Kier molecular flexibility index (Phi) is 8.41. The molecule has 0 radical (unpaired) electrons. The number of nitrogens with zero attached hydrogens (tertiary/aromatic N) is 2. The quantitative estimate of drug-likeness (QED) is 0.442. The highest BCUT2D eigenvalue weighted by Gasteiger charge is 2.28. The Bertz CT molecular complexity index is 1230. The predicted octanol–water partition coefficient (Wildman–Crippen LogP) is 3.66. The van der Waals surface area contributed by atoms with Gasteiger partial charge in [0.25, 0.3) is 5.91 Å². The lowest BCUT2D eigenvalue weighted by molar-refractivity contribution is 0.0947. The van der Waals surface area contributed by atoms with E-state index < -0.39 is 10.0 Å². The van der Waals surface area contributed by atoms with Crippen LogP contribution in [0.4, 0.5) is 0 Å². The summed E-state index contributed by atoms with van der Waals surface area (Å²) in [5.41, 5.74) is 1.65. The van der Waals surface area contributed by atoms with Gasteiger partial charge in [-0.1, -0.05) is 54.1 Å². The van der Waals surface area contributed by atoms with Crippen LogP contribution in [0.2, 0.25) is 5.02 Å². The van der Waals surface area contributed by atoms with Crippen molar-refractivity contribution in [2.45, 2.75) is 11.4 Å². The van der Waals surface area contributed by atoms with Crippen LogP contribution >= 0.6 is 11.6 Å². The molecule has 0 bridgehead atoms. The van der Waals surface area contributed by atoms with Crippen molar-refractivity contribution in [1.29, 1.82) is 0 Å². The van der Waals surface area contributed by atoms with E-state index in [1.807, 2.05) is 30.3 Å². The van der Waals surface area contributed by atoms with Crippen molar-refractivity contribution in [3.05, 3.63) is 95.0 Å². The molecule has 9 heteroatoms. The molecule has 1 N–H and O–H groups in total. The molecule has 184 valence electrons. The van der Waals surface area contributed by atoms with Crippen LogP contribution in [0.1, 0.15) is 15.9 Å². The number of carbonyl (C=O) groups excluding carboxylic acids is 1. The molecule has 1 aliphatic rings. The molecule has 0 aromatic heterocycles. The van der Waals surface area contributed by atoms with E-state index in [-0.39, 0.29) is 5.91 Å². The first-order valence-corrected chi connectivity index (χ1v) is 13.3. The van der Waals surface area contributed by atoms with Crippen LogP contribution in [0.25, 0.3) is 0 Å². The minimum Gasteiger partial charge on any atom is -0.490 e. The lowest BCUT2D eigenvalue weighted by Crippen LogP contribution is -2.48. The number of amides is 1. The van der Waals surface area contributed by atoms with E-state index >= 15 is 0 Å². The Balaban J connectivity index is 1.21. The zero-order chi connectivity index (χ0) is 24.7. The number of sulfonamides is 1. The molecule has 3 aromatic carbocycles. The summed E-state index contributed by atoms with van der Waals surface area (Å²) in [6.07, 6.45) is 0. The second kappa shape index (κ2) is 11.7. The molecule has 1 fully saturated rings. The Morgan fingerprint density at radius 1 is 0.886 bits per heavy atom. The fraction of sp³-hybridized carbons (Fsp3) is 0.269. The Morgan fingerprint density at radius 2 is 1.54 bits per heavy atom. The maximum absolute atomic E-state index is 12.8. The van der Waals surface area contributed by atoms with E-state index in [0.29, 0.717) is 67.1 Å². The van der Waals surface area contributed by atoms with Gasteiger partial charge in [-0.3, -0.25) is 9.69 Å². The number of carbonyl (C=O) groups is 1. The van der Waals surface area contributed by atoms with Crippen LogP contribution in [0.5, 0.6) is 5.75 Å². The lowest BCUT2D eigenvalue weighted by Gasteiger charge is -2.34. The molecule has 1 aliphatic heterocycles. The maximum atomic E-state index is 12.8. The molecule has 0 spiro atoms. The summed E-state index contributed by atoms with van der Waals surface area (Å²) in [4.78, 5) is 15.0. The molecule has 1 saturated heterocycles. The molecule has 0 unspecified atom stereocenters. The zero-order valence-corrected chi connectivity index (χ0v) is 20.8. The Hall–Kier alpha value is -2.91. The second-order valence-corrected chi connectivity index (χ2v) is 10.6. The third-order valence-electron chi connectivity index (χ3n) is 5.82. The summed E-state index contributed by atoms with van der Waals surface area (Å²) in [6, 6.07) is 23.2. The molecule has 1 heterocycles. The number of halogens is 1. The predicted molar refractivity (Wildman–Crippen MR) is 136 cm³/mol. The minimum atomic E-state index is -3.45. The fourth-order valence-corrected chi connectivity index (χ4v) is 5.51. The van der Waals surface area contributed by atoms with Gasteiger partial charge in [-0.05, 0) is 42.0 Å². The van der Waals surface area contributed by atoms with E-state index in [4.69, 9.17) is 16.3 Å². The van der Waals surface area contributed by atoms with Crippen molar-refractivity contribution in [3.63, 3.8) is 0 Å². The van der Waals surface area contributed by atoms with Gasteiger partial charge >= 0.3 is 0 Å². The number of nitrogens with one attached hydrogen (secondary N) is 1. The molecule has 0 aliphatic carbocycles. The number of piperazine rings is 1. The van der Waals surface area contributed by atoms with Gasteiger partial charge in [0.2, 0.25) is 10.0 Å². The van der Waals surface area contributed by atoms with E-state index in [1.54, 1.807) is 52.8 Å². The van der Waals surface area contributed by atoms with E-state index in [0.717, 1.165) is 5.56 Å². The SMILES string of the molecule is O=C(NCCOc1ccccc1Cl)c1ccc(CN2CCN(S(=O)(=O)c3ccccc3)CC2)cc1. The first-order chi connectivity index (χ1) is 16.9. The lowest BCUT2D eigenvalue weighted by atomic mass is 10.1. The summed E-state index contributed by atoms with van der Waals surface area (Å²) in [6.45, 7) is 3.59. The van der Waals surface area contributed by atoms with Gasteiger partial charge in [-0.25, -0.2) is 8.42 Å². The standard InChI is InChI=1S/C26H28ClN3O4S/c27-24-8-4-5-9-25(24)34-19-14-28-26(31)22-12-10-21(11-13-22)20-29-15-17-30(18-16-29)35(32,33)23-6-2-1-3-7-23/h1-13H,14-20H2,(H,28,31). The number of para-hydroxylation sites is 1. The van der Waals surface area contributed by atoms with Crippen molar-refractivity contribution in [1.82, 2.24) is 14.5 Å². The summed E-state index contributed by atoms with van der Waals surface area (Å²) < 4.78 is 32.7. The number of hydrogen-bond donors (Lipinski definition) is 1. The summed E-state index contributed by atoms with van der Waals surface area (Å²) >= 11 is 6.05. The molecular weight excluding hydrogens is 486 g/mol. The highest BCUT2D eigenvalue weighted by molar-refractivity contribution is 7.89. The molecule has 1 amide bonds. The van der Waals surface area contributed by atoms with Crippen LogP contribution in [0.3, 0.4) is 0 Å². The van der Waals surface area contributed by atoms with Crippen molar-refractivity contribution in [2.75, 3.05) is 39.3 Å².